The van der Waals surface area contributed by atoms with Crippen LogP contribution in [0.25, 0.3) is 22.1 Å². The number of methoxy groups -OCH3 is 1. The van der Waals surface area contributed by atoms with E-state index in [4.69, 9.17) is 14.2 Å². The van der Waals surface area contributed by atoms with Crippen molar-refractivity contribution < 1.29 is 14.2 Å². The van der Waals surface area contributed by atoms with Gasteiger partial charge in [-0.15, -0.1) is 0 Å². The van der Waals surface area contributed by atoms with Crippen LogP contribution in [0.1, 0.15) is 42.9 Å². The molecule has 5 rings (SSSR count). The lowest BCUT2D eigenvalue weighted by atomic mass is 10.0. The molecule has 0 bridgehead atoms. The van der Waals surface area contributed by atoms with E-state index in [9.17, 15) is 4.79 Å². The maximum atomic E-state index is 13.0. The minimum Gasteiger partial charge on any atom is -0.493 e. The third kappa shape index (κ3) is 5.18. The fourth-order valence-corrected chi connectivity index (χ4v) is 5.31. The number of aromatic nitrogens is 2. The molecule has 0 amide bonds. The molecule has 0 unspecified atom stereocenters. The van der Waals surface area contributed by atoms with Gasteiger partial charge in [0.1, 0.15) is 5.75 Å². The summed E-state index contributed by atoms with van der Waals surface area (Å²) in [7, 11) is 1.62. The number of hydrogen-bond donors (Lipinski definition) is 0. The van der Waals surface area contributed by atoms with Gasteiger partial charge < -0.3 is 14.2 Å². The lowest BCUT2D eigenvalue weighted by Gasteiger charge is -2.15. The molecule has 3 aromatic carbocycles. The molecular formula is C30H30N2O4S. The molecule has 5 aromatic rings. The van der Waals surface area contributed by atoms with Gasteiger partial charge >= 0.3 is 0 Å². The molecule has 0 aliphatic heterocycles. The zero-order valence-corrected chi connectivity index (χ0v) is 22.3. The van der Waals surface area contributed by atoms with Gasteiger partial charge in [0.05, 0.1) is 35.9 Å². The van der Waals surface area contributed by atoms with Crippen molar-refractivity contribution >= 4 is 33.4 Å². The van der Waals surface area contributed by atoms with E-state index in [0.717, 1.165) is 28.8 Å². The average Bonchev–Trinajstić information content (AvgIpc) is 3.40. The Balaban J connectivity index is 1.26. The lowest BCUT2D eigenvalue weighted by molar-refractivity contribution is 0.239. The van der Waals surface area contributed by atoms with Crippen LogP contribution in [0.4, 0.5) is 0 Å². The van der Waals surface area contributed by atoms with Crippen LogP contribution in [0.2, 0.25) is 0 Å². The fraction of sp³-hybridized carbons (Fsp3) is 0.267. The molecule has 0 saturated heterocycles. The predicted molar refractivity (Wildman–Crippen MR) is 149 cm³/mol. The monoisotopic (exact) mass is 514 g/mol. The summed E-state index contributed by atoms with van der Waals surface area (Å²) in [5, 5.41) is 0. The van der Waals surface area contributed by atoms with Gasteiger partial charge in [0.2, 0.25) is 0 Å². The second kappa shape index (κ2) is 10.6. The maximum Gasteiger partial charge on any atom is 0.274 e. The van der Waals surface area contributed by atoms with E-state index >= 15 is 0 Å². The second-order valence-electron chi connectivity index (χ2n) is 9.29. The van der Waals surface area contributed by atoms with Crippen LogP contribution in [-0.2, 0) is 0 Å². The number of ether oxygens (including phenoxy) is 3. The summed E-state index contributed by atoms with van der Waals surface area (Å²) < 4.78 is 19.9. The fourth-order valence-electron chi connectivity index (χ4n) is 4.32. The highest BCUT2D eigenvalue weighted by molar-refractivity contribution is 7.15. The largest absolute Gasteiger partial charge is 0.493 e. The molecule has 37 heavy (non-hydrogen) atoms. The molecule has 0 aliphatic rings. The van der Waals surface area contributed by atoms with Gasteiger partial charge in [0, 0.05) is 6.42 Å². The van der Waals surface area contributed by atoms with Crippen LogP contribution < -0.4 is 24.3 Å². The summed E-state index contributed by atoms with van der Waals surface area (Å²) in [5.41, 5.74) is 4.85. The van der Waals surface area contributed by atoms with Gasteiger partial charge in [0.15, 0.2) is 16.5 Å². The second-order valence-corrected chi connectivity index (χ2v) is 10.3. The molecule has 6 nitrogen and oxygen atoms in total. The first-order chi connectivity index (χ1) is 17.9. The highest BCUT2D eigenvalue weighted by Gasteiger charge is 2.12. The topological polar surface area (TPSA) is 62.1 Å². The number of benzene rings is 3. The number of aryl methyl sites for hydroxylation is 1. The first kappa shape index (κ1) is 24.8. The van der Waals surface area contributed by atoms with Crippen molar-refractivity contribution in [3.05, 3.63) is 92.2 Å². The van der Waals surface area contributed by atoms with E-state index in [1.807, 2.05) is 48.5 Å². The zero-order chi connectivity index (χ0) is 25.9. The van der Waals surface area contributed by atoms with E-state index in [1.165, 1.54) is 22.5 Å². The number of hydrogen-bond acceptors (Lipinski definition) is 6. The zero-order valence-electron chi connectivity index (χ0n) is 21.5. The lowest BCUT2D eigenvalue weighted by Crippen LogP contribution is -2.22. The van der Waals surface area contributed by atoms with Crippen molar-refractivity contribution in [1.82, 2.24) is 9.38 Å². The normalized spacial score (nSPS) is 12.1. The summed E-state index contributed by atoms with van der Waals surface area (Å²) >= 11 is 1.38. The van der Waals surface area contributed by atoms with Gasteiger partial charge in [-0.2, -0.15) is 0 Å². The SMILES string of the molecule is COc1cc(/C=c2\sc3nc4ccccc4n3c2=O)ccc1OCCCOc1cc(C)ccc1C(C)C. The first-order valence-electron chi connectivity index (χ1n) is 12.4. The van der Waals surface area contributed by atoms with Crippen LogP contribution in [0, 0.1) is 6.92 Å². The quantitative estimate of drug-likeness (QED) is 0.235. The smallest absolute Gasteiger partial charge is 0.274 e. The molecule has 7 heteroatoms. The van der Waals surface area contributed by atoms with Crippen molar-refractivity contribution in [1.29, 1.82) is 0 Å². The highest BCUT2D eigenvalue weighted by Crippen LogP contribution is 2.29. The van der Waals surface area contributed by atoms with Crippen LogP contribution in [0.15, 0.2) is 65.5 Å². The van der Waals surface area contributed by atoms with Gasteiger partial charge in [-0.25, -0.2) is 9.38 Å². The van der Waals surface area contributed by atoms with Crippen molar-refractivity contribution in [2.75, 3.05) is 20.3 Å². The van der Waals surface area contributed by atoms with Gasteiger partial charge in [-0.3, -0.25) is 4.79 Å². The van der Waals surface area contributed by atoms with Gasteiger partial charge in [0.25, 0.3) is 5.56 Å². The molecule has 0 spiro atoms. The van der Waals surface area contributed by atoms with Crippen LogP contribution in [-0.4, -0.2) is 29.7 Å². The van der Waals surface area contributed by atoms with Crippen LogP contribution >= 0.6 is 11.3 Å². The number of imidazole rings is 1. The Kier molecular flexibility index (Phi) is 7.15. The number of rotatable bonds is 9. The highest BCUT2D eigenvalue weighted by atomic mass is 32.1. The Hall–Kier alpha value is -3.84. The van der Waals surface area contributed by atoms with E-state index < -0.39 is 0 Å². The van der Waals surface area contributed by atoms with Crippen molar-refractivity contribution in [2.24, 2.45) is 0 Å². The summed E-state index contributed by atoms with van der Waals surface area (Å²) in [6, 6.07) is 19.7. The molecule has 0 fully saturated rings. The summed E-state index contributed by atoms with van der Waals surface area (Å²) in [4.78, 5) is 18.3. The number of nitrogens with zero attached hydrogens (tertiary/aromatic N) is 2. The van der Waals surface area contributed by atoms with E-state index in [0.29, 0.717) is 40.1 Å². The molecule has 0 saturated carbocycles. The van der Waals surface area contributed by atoms with Crippen LogP contribution in [0.5, 0.6) is 17.2 Å². The molecule has 0 atom stereocenters. The van der Waals surface area contributed by atoms with E-state index in [-0.39, 0.29) is 5.56 Å². The minimum atomic E-state index is -0.0674. The third-order valence-corrected chi connectivity index (χ3v) is 7.19. The minimum absolute atomic E-state index is 0.0674. The predicted octanol–water partition coefficient (Wildman–Crippen LogP) is 5.75. The molecular weight excluding hydrogens is 484 g/mol. The Labute approximate surface area is 219 Å². The number of thiazole rings is 1. The Morgan fingerprint density at radius 1 is 0.973 bits per heavy atom. The molecule has 0 aliphatic carbocycles. The Morgan fingerprint density at radius 3 is 2.54 bits per heavy atom. The summed E-state index contributed by atoms with van der Waals surface area (Å²) in [6.07, 6.45) is 2.61. The van der Waals surface area contributed by atoms with E-state index in [1.54, 1.807) is 11.5 Å². The molecule has 190 valence electrons. The standard InChI is InChI=1S/C30H30N2O4S/c1-19(2)22-12-10-20(3)16-26(22)36-15-7-14-35-25-13-11-21(17-27(25)34-4)18-28-29(33)32-24-9-6-5-8-23(24)31-30(32)37-28/h5-6,8-13,16-19H,7,14-15H2,1-4H3/b28-18-. The number of fused-ring (bicyclic) bond motifs is 3. The first-order valence-corrected chi connectivity index (χ1v) is 13.2. The van der Waals surface area contributed by atoms with E-state index in [2.05, 4.69) is 44.0 Å². The average molecular weight is 515 g/mol. The van der Waals surface area contributed by atoms with Crippen molar-refractivity contribution in [2.45, 2.75) is 33.1 Å². The summed E-state index contributed by atoms with van der Waals surface area (Å²) in [6.45, 7) is 7.49. The molecule has 0 N–H and O–H groups in total. The Bertz CT molecular complexity index is 1670. The third-order valence-electron chi connectivity index (χ3n) is 6.23. The molecule has 2 aromatic heterocycles. The van der Waals surface area contributed by atoms with Gasteiger partial charge in [-0.05, 0) is 65.9 Å². The summed E-state index contributed by atoms with van der Waals surface area (Å²) in [5.74, 6) is 2.63. The van der Waals surface area contributed by atoms with Crippen molar-refractivity contribution in [3.8, 4) is 17.2 Å². The molecule has 0 radical (unpaired) electrons. The maximum absolute atomic E-state index is 13.0. The van der Waals surface area contributed by atoms with Crippen LogP contribution in [0.3, 0.4) is 0 Å². The van der Waals surface area contributed by atoms with Gasteiger partial charge in [-0.1, -0.05) is 55.5 Å². The number of para-hydroxylation sites is 2. The molecule has 2 heterocycles. The Morgan fingerprint density at radius 2 is 1.76 bits per heavy atom. The van der Waals surface area contributed by atoms with Crippen molar-refractivity contribution in [3.63, 3.8) is 0 Å².